The van der Waals surface area contributed by atoms with Crippen molar-refractivity contribution < 1.29 is 29.3 Å². The maximum atomic E-state index is 12.1. The molecule has 2 rings (SSSR count). The Labute approximate surface area is 132 Å². The molecule has 1 aromatic carbocycles. The number of carboxylic acids is 2. The average molecular weight is 322 g/mol. The Morgan fingerprint density at radius 1 is 1.22 bits per heavy atom. The molecule has 3 N–H and O–H groups in total. The molecule has 1 aliphatic heterocycles. The Bertz CT molecular complexity index is 616. The second kappa shape index (κ2) is 7.59. The van der Waals surface area contributed by atoms with E-state index >= 15 is 0 Å². The van der Waals surface area contributed by atoms with Crippen molar-refractivity contribution in [3.05, 3.63) is 23.8 Å². The highest BCUT2D eigenvalue weighted by molar-refractivity contribution is 5.99. The SMILES string of the molecule is O=C(O)CCNCC(=O)c1ccc2c(c1)N(CC(=O)O)CCO2. The van der Waals surface area contributed by atoms with Crippen molar-refractivity contribution in [1.82, 2.24) is 5.32 Å². The summed E-state index contributed by atoms with van der Waals surface area (Å²) >= 11 is 0. The van der Waals surface area contributed by atoms with E-state index in [0.29, 0.717) is 30.2 Å². The number of aliphatic carboxylic acids is 2. The normalized spacial score (nSPS) is 13.1. The molecular formula is C15H18N2O6. The summed E-state index contributed by atoms with van der Waals surface area (Å²) < 4.78 is 5.47. The lowest BCUT2D eigenvalue weighted by atomic mass is 10.1. The number of carbonyl (C=O) groups excluding carboxylic acids is 1. The highest BCUT2D eigenvalue weighted by Crippen LogP contribution is 2.32. The Morgan fingerprint density at radius 3 is 2.70 bits per heavy atom. The van der Waals surface area contributed by atoms with Gasteiger partial charge in [-0.25, -0.2) is 0 Å². The molecule has 8 heteroatoms. The maximum absolute atomic E-state index is 12.1. The van der Waals surface area contributed by atoms with E-state index in [1.54, 1.807) is 23.1 Å². The van der Waals surface area contributed by atoms with Crippen LogP contribution in [0.3, 0.4) is 0 Å². The number of hydrogen-bond donors (Lipinski definition) is 3. The quantitative estimate of drug-likeness (QED) is 0.460. The van der Waals surface area contributed by atoms with E-state index in [-0.39, 0.29) is 31.8 Å². The van der Waals surface area contributed by atoms with Crippen LogP contribution in [-0.2, 0) is 9.59 Å². The van der Waals surface area contributed by atoms with Gasteiger partial charge in [0.05, 0.1) is 25.2 Å². The molecule has 0 spiro atoms. The largest absolute Gasteiger partial charge is 0.490 e. The zero-order chi connectivity index (χ0) is 16.8. The lowest BCUT2D eigenvalue weighted by Gasteiger charge is -2.30. The fourth-order valence-electron chi connectivity index (χ4n) is 2.27. The molecule has 0 saturated carbocycles. The van der Waals surface area contributed by atoms with Crippen LogP contribution in [0, 0.1) is 0 Å². The zero-order valence-electron chi connectivity index (χ0n) is 12.4. The third kappa shape index (κ3) is 4.68. The van der Waals surface area contributed by atoms with E-state index in [0.717, 1.165) is 0 Å². The van der Waals surface area contributed by atoms with Crippen molar-refractivity contribution in [3.8, 4) is 5.75 Å². The minimum Gasteiger partial charge on any atom is -0.490 e. The number of nitrogens with one attached hydrogen (secondary N) is 1. The van der Waals surface area contributed by atoms with Gasteiger partial charge in [0.25, 0.3) is 0 Å². The van der Waals surface area contributed by atoms with Gasteiger partial charge in [-0.1, -0.05) is 0 Å². The summed E-state index contributed by atoms with van der Waals surface area (Å²) in [5, 5.41) is 20.3. The first-order chi connectivity index (χ1) is 11.0. The fourth-order valence-corrected chi connectivity index (χ4v) is 2.27. The summed E-state index contributed by atoms with van der Waals surface area (Å²) in [5.41, 5.74) is 1.00. The molecule has 0 amide bonds. The lowest BCUT2D eigenvalue weighted by Crippen LogP contribution is -2.37. The molecule has 8 nitrogen and oxygen atoms in total. The van der Waals surface area contributed by atoms with Crippen molar-refractivity contribution in [2.24, 2.45) is 0 Å². The van der Waals surface area contributed by atoms with E-state index in [1.807, 2.05) is 0 Å². The summed E-state index contributed by atoms with van der Waals surface area (Å²) in [4.78, 5) is 35.1. The first-order valence-electron chi connectivity index (χ1n) is 7.16. The maximum Gasteiger partial charge on any atom is 0.323 e. The van der Waals surface area contributed by atoms with Crippen LogP contribution in [0.4, 0.5) is 5.69 Å². The van der Waals surface area contributed by atoms with Gasteiger partial charge in [0.15, 0.2) is 5.78 Å². The number of Topliss-reactive ketones (excluding diaryl/α,β-unsaturated/α-hetero) is 1. The number of carbonyl (C=O) groups is 3. The molecule has 23 heavy (non-hydrogen) atoms. The number of fused-ring (bicyclic) bond motifs is 1. The van der Waals surface area contributed by atoms with Gasteiger partial charge in [0.2, 0.25) is 0 Å². The third-order valence-corrected chi connectivity index (χ3v) is 3.37. The molecule has 0 saturated heterocycles. The predicted octanol–water partition coefficient (Wildman–Crippen LogP) is 0.217. The number of rotatable bonds is 8. The molecule has 0 bridgehead atoms. The van der Waals surface area contributed by atoms with Crippen molar-refractivity contribution in [3.63, 3.8) is 0 Å². The highest BCUT2D eigenvalue weighted by Gasteiger charge is 2.21. The lowest BCUT2D eigenvalue weighted by molar-refractivity contribution is -0.137. The third-order valence-electron chi connectivity index (χ3n) is 3.37. The fraction of sp³-hybridized carbons (Fsp3) is 0.400. The molecule has 124 valence electrons. The van der Waals surface area contributed by atoms with Crippen molar-refractivity contribution in [1.29, 1.82) is 0 Å². The zero-order valence-corrected chi connectivity index (χ0v) is 12.4. The number of carboxylic acid groups (broad SMARTS) is 2. The minimum absolute atomic E-state index is 0.0197. The molecular weight excluding hydrogens is 304 g/mol. The number of benzene rings is 1. The van der Waals surface area contributed by atoms with Gasteiger partial charge in [-0.15, -0.1) is 0 Å². The summed E-state index contributed by atoms with van der Waals surface area (Å²) in [6, 6.07) is 4.87. The van der Waals surface area contributed by atoms with Crippen LogP contribution in [0.1, 0.15) is 16.8 Å². The van der Waals surface area contributed by atoms with Crippen LogP contribution in [0.25, 0.3) is 0 Å². The van der Waals surface area contributed by atoms with Crippen molar-refractivity contribution in [2.75, 3.05) is 37.7 Å². The van der Waals surface area contributed by atoms with E-state index < -0.39 is 11.9 Å². The first kappa shape index (κ1) is 16.8. The summed E-state index contributed by atoms with van der Waals surface area (Å²) in [6.07, 6.45) is -0.0578. The van der Waals surface area contributed by atoms with Crippen LogP contribution in [0.2, 0.25) is 0 Å². The Morgan fingerprint density at radius 2 is 2.00 bits per heavy atom. The second-order valence-electron chi connectivity index (χ2n) is 5.09. The molecule has 1 heterocycles. The topological polar surface area (TPSA) is 116 Å². The number of anilines is 1. The minimum atomic E-state index is -0.954. The monoisotopic (exact) mass is 322 g/mol. The number of hydrogen-bond acceptors (Lipinski definition) is 6. The Hall–Kier alpha value is -2.61. The molecule has 0 unspecified atom stereocenters. The summed E-state index contributed by atoms with van der Waals surface area (Å²) in [6.45, 7) is 0.898. The number of ether oxygens (including phenoxy) is 1. The van der Waals surface area contributed by atoms with E-state index in [1.165, 1.54) is 0 Å². The Balaban J connectivity index is 2.04. The van der Waals surface area contributed by atoms with Crippen LogP contribution in [0.15, 0.2) is 18.2 Å². The van der Waals surface area contributed by atoms with E-state index in [9.17, 15) is 14.4 Å². The Kier molecular flexibility index (Phi) is 5.53. The van der Waals surface area contributed by atoms with Crippen molar-refractivity contribution >= 4 is 23.4 Å². The van der Waals surface area contributed by atoms with Gasteiger partial charge < -0.3 is 25.2 Å². The second-order valence-corrected chi connectivity index (χ2v) is 5.09. The van der Waals surface area contributed by atoms with Gasteiger partial charge in [-0.3, -0.25) is 14.4 Å². The molecule has 0 aliphatic carbocycles. The van der Waals surface area contributed by atoms with Crippen LogP contribution in [0.5, 0.6) is 5.75 Å². The summed E-state index contributed by atoms with van der Waals surface area (Å²) in [7, 11) is 0. The van der Waals surface area contributed by atoms with Gasteiger partial charge in [0, 0.05) is 12.1 Å². The van der Waals surface area contributed by atoms with Crippen LogP contribution < -0.4 is 15.0 Å². The molecule has 1 aliphatic rings. The highest BCUT2D eigenvalue weighted by atomic mass is 16.5. The van der Waals surface area contributed by atoms with Crippen molar-refractivity contribution in [2.45, 2.75) is 6.42 Å². The standard InChI is InChI=1S/C15H18N2O6/c18-12(8-16-4-3-14(19)20)10-1-2-13-11(7-10)17(5-6-23-13)9-15(21)22/h1-2,7,16H,3-6,8-9H2,(H,19,20)(H,21,22). The smallest absolute Gasteiger partial charge is 0.323 e. The van der Waals surface area contributed by atoms with Gasteiger partial charge in [-0.2, -0.15) is 0 Å². The van der Waals surface area contributed by atoms with Crippen LogP contribution in [-0.4, -0.2) is 60.7 Å². The average Bonchev–Trinajstić information content (AvgIpc) is 2.50. The molecule has 0 aromatic heterocycles. The van der Waals surface area contributed by atoms with E-state index in [2.05, 4.69) is 5.32 Å². The predicted molar refractivity (Wildman–Crippen MR) is 81.2 cm³/mol. The molecule has 0 fully saturated rings. The first-order valence-corrected chi connectivity index (χ1v) is 7.16. The molecule has 0 radical (unpaired) electrons. The van der Waals surface area contributed by atoms with Gasteiger partial charge in [0.1, 0.15) is 18.9 Å². The number of ketones is 1. The number of nitrogens with zero attached hydrogens (tertiary/aromatic N) is 1. The van der Waals surface area contributed by atoms with Crippen LogP contribution >= 0.6 is 0 Å². The van der Waals surface area contributed by atoms with Gasteiger partial charge >= 0.3 is 11.9 Å². The molecule has 0 atom stereocenters. The van der Waals surface area contributed by atoms with E-state index in [4.69, 9.17) is 14.9 Å². The summed E-state index contributed by atoms with van der Waals surface area (Å²) in [5.74, 6) is -1.53. The van der Waals surface area contributed by atoms with Gasteiger partial charge in [-0.05, 0) is 18.2 Å². The molecule has 1 aromatic rings.